The van der Waals surface area contributed by atoms with Gasteiger partial charge in [-0.05, 0) is 29.8 Å². The van der Waals surface area contributed by atoms with Crippen molar-refractivity contribution in [2.45, 2.75) is 18.9 Å². The number of hydrogen-bond acceptors (Lipinski definition) is 3. The van der Waals surface area contributed by atoms with Crippen LogP contribution in [0.5, 0.6) is 0 Å². The summed E-state index contributed by atoms with van der Waals surface area (Å²) in [4.78, 5) is 17.1. The number of amides is 1. The van der Waals surface area contributed by atoms with Crippen LogP contribution < -0.4 is 5.32 Å². The minimum atomic E-state index is -0.142. The maximum Gasteiger partial charge on any atom is 0.221 e. The molecule has 0 bridgehead atoms. The molecule has 0 radical (unpaired) electrons. The summed E-state index contributed by atoms with van der Waals surface area (Å²) in [6.45, 7) is 0.367. The van der Waals surface area contributed by atoms with E-state index in [-0.39, 0.29) is 11.8 Å². The van der Waals surface area contributed by atoms with E-state index in [2.05, 4.69) is 10.3 Å². The number of carbonyl (C=O) groups is 1. The van der Waals surface area contributed by atoms with Crippen molar-refractivity contribution in [1.82, 2.24) is 14.7 Å². The molecule has 1 atom stereocenters. The van der Waals surface area contributed by atoms with Crippen LogP contribution in [0.3, 0.4) is 0 Å². The minimum Gasteiger partial charge on any atom is -0.467 e. The van der Waals surface area contributed by atoms with E-state index in [4.69, 9.17) is 16.0 Å². The number of benzene rings is 1. The number of halogens is 1. The average Bonchev–Trinajstić information content (AvgIpc) is 3.35. The molecular weight excluding hydrogens is 362 g/mol. The van der Waals surface area contributed by atoms with E-state index in [0.717, 1.165) is 22.7 Å². The maximum absolute atomic E-state index is 12.6. The van der Waals surface area contributed by atoms with Gasteiger partial charge in [0, 0.05) is 24.7 Å². The highest BCUT2D eigenvalue weighted by Crippen LogP contribution is 2.29. The third kappa shape index (κ3) is 3.88. The summed E-state index contributed by atoms with van der Waals surface area (Å²) < 4.78 is 7.22. The lowest BCUT2D eigenvalue weighted by Crippen LogP contribution is -2.25. The van der Waals surface area contributed by atoms with E-state index in [0.29, 0.717) is 18.0 Å². The Kier molecular flexibility index (Phi) is 4.94. The van der Waals surface area contributed by atoms with E-state index < -0.39 is 0 Å². The van der Waals surface area contributed by atoms with E-state index in [1.165, 1.54) is 0 Å². The highest BCUT2D eigenvalue weighted by Gasteiger charge is 2.22. The zero-order valence-corrected chi connectivity index (χ0v) is 15.3. The number of imidazole rings is 1. The lowest BCUT2D eigenvalue weighted by Gasteiger charge is -2.17. The second kappa shape index (κ2) is 7.68. The van der Waals surface area contributed by atoms with Crippen LogP contribution >= 0.6 is 11.6 Å². The Morgan fingerprint density at radius 2 is 2.00 bits per heavy atom. The number of furan rings is 1. The zero-order chi connectivity index (χ0) is 18.6. The second-order valence-electron chi connectivity index (χ2n) is 6.28. The molecule has 6 heteroatoms. The van der Waals surface area contributed by atoms with Crippen LogP contribution in [0.1, 0.15) is 29.4 Å². The van der Waals surface area contributed by atoms with Crippen LogP contribution in [0.4, 0.5) is 0 Å². The average molecular weight is 380 g/mol. The normalized spacial score (nSPS) is 12.2. The second-order valence-corrected chi connectivity index (χ2v) is 6.72. The lowest BCUT2D eigenvalue weighted by atomic mass is 9.92. The highest BCUT2D eigenvalue weighted by molar-refractivity contribution is 6.30. The molecule has 0 unspecified atom stereocenters. The Bertz CT molecular complexity index is 1040. The molecule has 1 amide bonds. The number of hydrogen-bond donors (Lipinski definition) is 1. The SMILES string of the molecule is O=C(C[C@H](c1ccccc1)c1cnc2ccc(Cl)cn12)NCc1ccco1. The molecule has 0 spiro atoms. The standard InChI is InChI=1S/C21H18ClN3O2/c22-16-8-9-20-23-13-19(25(20)14-16)18(15-5-2-1-3-6-15)11-21(26)24-12-17-7-4-10-27-17/h1-10,13-14,18H,11-12H2,(H,24,26)/t18-/m1/s1. The molecule has 0 fully saturated rings. The molecule has 4 rings (SSSR count). The fraction of sp³-hybridized carbons (Fsp3) is 0.143. The fourth-order valence-electron chi connectivity index (χ4n) is 3.17. The third-order valence-corrected chi connectivity index (χ3v) is 4.71. The number of rotatable bonds is 6. The molecule has 0 aliphatic carbocycles. The van der Waals surface area contributed by atoms with E-state index in [1.54, 1.807) is 18.4 Å². The molecule has 0 saturated heterocycles. The molecule has 1 aromatic carbocycles. The van der Waals surface area contributed by atoms with Crippen molar-refractivity contribution < 1.29 is 9.21 Å². The first-order valence-electron chi connectivity index (χ1n) is 8.67. The smallest absolute Gasteiger partial charge is 0.221 e. The lowest BCUT2D eigenvalue weighted by molar-refractivity contribution is -0.121. The Morgan fingerprint density at radius 3 is 2.78 bits per heavy atom. The van der Waals surface area contributed by atoms with Gasteiger partial charge in [-0.25, -0.2) is 4.98 Å². The van der Waals surface area contributed by atoms with Crippen molar-refractivity contribution in [3.63, 3.8) is 0 Å². The van der Waals surface area contributed by atoms with Gasteiger partial charge in [-0.1, -0.05) is 41.9 Å². The Morgan fingerprint density at radius 1 is 1.15 bits per heavy atom. The molecule has 3 aromatic heterocycles. The number of pyridine rings is 1. The van der Waals surface area contributed by atoms with Gasteiger partial charge in [-0.3, -0.25) is 4.79 Å². The Hall–Kier alpha value is -3.05. The Labute approximate surface area is 161 Å². The van der Waals surface area contributed by atoms with Crippen LogP contribution in [0.25, 0.3) is 5.65 Å². The zero-order valence-electron chi connectivity index (χ0n) is 14.5. The highest BCUT2D eigenvalue weighted by atomic mass is 35.5. The Balaban J connectivity index is 1.63. The first-order chi connectivity index (χ1) is 13.2. The first kappa shape index (κ1) is 17.4. The summed E-state index contributed by atoms with van der Waals surface area (Å²) in [5, 5.41) is 3.54. The summed E-state index contributed by atoms with van der Waals surface area (Å²) in [7, 11) is 0. The van der Waals surface area contributed by atoms with Gasteiger partial charge in [0.2, 0.25) is 5.91 Å². The predicted octanol–water partition coefficient (Wildman–Crippen LogP) is 4.42. The van der Waals surface area contributed by atoms with Gasteiger partial charge in [0.15, 0.2) is 0 Å². The number of nitrogens with zero attached hydrogens (tertiary/aromatic N) is 2. The van der Waals surface area contributed by atoms with Gasteiger partial charge in [0.25, 0.3) is 0 Å². The third-order valence-electron chi connectivity index (χ3n) is 4.49. The van der Waals surface area contributed by atoms with Gasteiger partial charge in [-0.15, -0.1) is 0 Å². The van der Waals surface area contributed by atoms with Crippen molar-refractivity contribution >= 4 is 23.2 Å². The number of carbonyl (C=O) groups excluding carboxylic acids is 1. The van der Waals surface area contributed by atoms with Crippen molar-refractivity contribution in [2.75, 3.05) is 0 Å². The van der Waals surface area contributed by atoms with Crippen molar-refractivity contribution in [3.8, 4) is 0 Å². The van der Waals surface area contributed by atoms with Gasteiger partial charge < -0.3 is 14.1 Å². The number of fused-ring (bicyclic) bond motifs is 1. The maximum atomic E-state index is 12.6. The van der Waals surface area contributed by atoms with Crippen molar-refractivity contribution in [1.29, 1.82) is 0 Å². The van der Waals surface area contributed by atoms with Crippen LogP contribution in [0.15, 0.2) is 77.7 Å². The summed E-state index contributed by atoms with van der Waals surface area (Å²) in [6, 6.07) is 17.3. The van der Waals surface area contributed by atoms with Gasteiger partial charge in [0.1, 0.15) is 11.4 Å². The van der Waals surface area contributed by atoms with Gasteiger partial charge >= 0.3 is 0 Å². The van der Waals surface area contributed by atoms with Gasteiger partial charge in [-0.2, -0.15) is 0 Å². The summed E-state index contributed by atoms with van der Waals surface area (Å²) in [5.74, 6) is 0.523. The quantitative estimate of drug-likeness (QED) is 0.539. The number of aromatic nitrogens is 2. The molecule has 136 valence electrons. The molecule has 0 aliphatic rings. The van der Waals surface area contributed by atoms with Gasteiger partial charge in [0.05, 0.1) is 23.5 Å². The molecule has 4 aromatic rings. The molecule has 3 heterocycles. The van der Waals surface area contributed by atoms with E-state index >= 15 is 0 Å². The first-order valence-corrected chi connectivity index (χ1v) is 9.05. The van der Waals surface area contributed by atoms with Crippen LogP contribution in [0.2, 0.25) is 5.02 Å². The molecule has 1 N–H and O–H groups in total. The molecular formula is C21H18ClN3O2. The van der Waals surface area contributed by atoms with E-state index in [1.807, 2.05) is 59.3 Å². The molecule has 0 aliphatic heterocycles. The largest absolute Gasteiger partial charge is 0.467 e. The monoisotopic (exact) mass is 379 g/mol. The van der Waals surface area contributed by atoms with Crippen LogP contribution in [0, 0.1) is 0 Å². The topological polar surface area (TPSA) is 59.5 Å². The fourth-order valence-corrected chi connectivity index (χ4v) is 3.33. The molecule has 27 heavy (non-hydrogen) atoms. The van der Waals surface area contributed by atoms with Crippen LogP contribution in [-0.4, -0.2) is 15.3 Å². The minimum absolute atomic E-state index is 0.0581. The summed E-state index contributed by atoms with van der Waals surface area (Å²) in [6.07, 6.45) is 5.53. The van der Waals surface area contributed by atoms with Crippen LogP contribution in [-0.2, 0) is 11.3 Å². The van der Waals surface area contributed by atoms with E-state index in [9.17, 15) is 4.79 Å². The molecule has 5 nitrogen and oxygen atoms in total. The van der Waals surface area contributed by atoms with Crippen molar-refractivity contribution in [3.05, 3.63) is 95.3 Å². The summed E-state index contributed by atoms with van der Waals surface area (Å²) in [5.41, 5.74) is 2.77. The predicted molar refractivity (Wildman–Crippen MR) is 104 cm³/mol. The summed E-state index contributed by atoms with van der Waals surface area (Å²) >= 11 is 6.17. The van der Waals surface area contributed by atoms with Crippen molar-refractivity contribution in [2.24, 2.45) is 0 Å². The number of nitrogens with one attached hydrogen (secondary N) is 1. The molecule has 0 saturated carbocycles.